The number of fused-ring (bicyclic) bond motifs is 3. The number of Topliss-reactive ketones (excluding diaryl/α,β-unsaturated/α-hetero) is 1. The van der Waals surface area contributed by atoms with Crippen LogP contribution >= 0.6 is 0 Å². The van der Waals surface area contributed by atoms with Gasteiger partial charge in [0.2, 0.25) is 5.78 Å². The van der Waals surface area contributed by atoms with E-state index in [-0.39, 0.29) is 64.2 Å². The Morgan fingerprint density at radius 3 is 2.46 bits per heavy atom. The number of phenolic OH excluding ortho intramolecular Hbond substituents is 2. The third-order valence-electron chi connectivity index (χ3n) is 6.94. The van der Waals surface area contributed by atoms with Crippen LogP contribution in [0.2, 0.25) is 0 Å². The monoisotopic (exact) mass is 483 g/mol. The minimum atomic E-state index is -1.07. The molecule has 184 valence electrons. The first-order valence-corrected chi connectivity index (χ1v) is 11.3. The predicted octanol–water partition coefficient (Wildman–Crippen LogP) is 1.28. The van der Waals surface area contributed by atoms with Gasteiger partial charge in [0.25, 0.3) is 0 Å². The Bertz CT molecular complexity index is 1260. The summed E-state index contributed by atoms with van der Waals surface area (Å²) in [7, 11) is 1.36. The first-order valence-electron chi connectivity index (χ1n) is 11.3. The highest BCUT2D eigenvalue weighted by Gasteiger charge is 2.44. The molecule has 1 aliphatic heterocycles. The van der Waals surface area contributed by atoms with Crippen LogP contribution in [0.1, 0.15) is 68.8 Å². The lowest BCUT2D eigenvalue weighted by molar-refractivity contribution is -0.241. The van der Waals surface area contributed by atoms with Crippen molar-refractivity contribution in [3.63, 3.8) is 0 Å². The zero-order valence-corrected chi connectivity index (χ0v) is 19.1. The normalized spacial score (nSPS) is 27.8. The molecule has 1 saturated heterocycles. The highest BCUT2D eigenvalue weighted by atomic mass is 16.7. The van der Waals surface area contributed by atoms with Crippen molar-refractivity contribution in [3.8, 4) is 17.2 Å². The van der Waals surface area contributed by atoms with Crippen molar-refractivity contribution in [1.82, 2.24) is 0 Å². The van der Waals surface area contributed by atoms with Gasteiger partial charge in [0, 0.05) is 42.0 Å². The van der Waals surface area contributed by atoms with E-state index in [0.717, 1.165) is 0 Å². The van der Waals surface area contributed by atoms with Crippen LogP contribution < -0.4 is 10.5 Å². The highest BCUT2D eigenvalue weighted by Crippen LogP contribution is 2.50. The Morgan fingerprint density at radius 1 is 1.06 bits per heavy atom. The fraction of sp³-hybridized carbons (Fsp3) is 0.400. The zero-order valence-electron chi connectivity index (χ0n) is 19.1. The molecular weight excluding hydrogens is 458 g/mol. The van der Waals surface area contributed by atoms with Crippen LogP contribution in [-0.4, -0.2) is 64.3 Å². The number of phenols is 2. The topological polar surface area (TPSA) is 166 Å². The van der Waals surface area contributed by atoms with Crippen molar-refractivity contribution in [2.24, 2.45) is 5.73 Å². The highest BCUT2D eigenvalue weighted by molar-refractivity contribution is 6.31. The number of rotatable bonds is 3. The van der Waals surface area contributed by atoms with Crippen molar-refractivity contribution in [2.75, 3.05) is 7.11 Å². The molecular formula is C25H25NO9. The smallest absolute Gasteiger partial charge is 0.202 e. The lowest BCUT2D eigenvalue weighted by atomic mass is 9.76. The van der Waals surface area contributed by atoms with Gasteiger partial charge in [0.15, 0.2) is 12.1 Å². The Hall–Kier alpha value is -3.31. The number of aromatic hydroxyl groups is 2. The van der Waals surface area contributed by atoms with Gasteiger partial charge in [-0.15, -0.1) is 0 Å². The Morgan fingerprint density at radius 2 is 1.77 bits per heavy atom. The third kappa shape index (κ3) is 3.52. The number of ketones is 3. The van der Waals surface area contributed by atoms with Crippen LogP contribution in [0.3, 0.4) is 0 Å². The molecule has 2 aromatic rings. The summed E-state index contributed by atoms with van der Waals surface area (Å²) in [5, 5.41) is 32.4. The molecule has 2 aromatic carbocycles. The molecule has 1 heterocycles. The number of hydrogen-bond donors (Lipinski definition) is 4. The minimum absolute atomic E-state index is 0.0177. The first-order chi connectivity index (χ1) is 16.6. The summed E-state index contributed by atoms with van der Waals surface area (Å²) in [6.07, 6.45) is -3.74. The Labute approximate surface area is 200 Å². The van der Waals surface area contributed by atoms with E-state index in [1.54, 1.807) is 13.0 Å². The van der Waals surface area contributed by atoms with Crippen LogP contribution in [0.5, 0.6) is 17.2 Å². The van der Waals surface area contributed by atoms with Gasteiger partial charge >= 0.3 is 0 Å². The van der Waals surface area contributed by atoms with Gasteiger partial charge in [-0.2, -0.15) is 0 Å². The summed E-state index contributed by atoms with van der Waals surface area (Å²) in [6.45, 7) is 1.63. The number of carbonyl (C=O) groups is 3. The number of aliphatic hydroxyl groups excluding tert-OH is 1. The van der Waals surface area contributed by atoms with E-state index in [0.29, 0.717) is 0 Å². The average molecular weight is 483 g/mol. The molecule has 0 aromatic heterocycles. The molecule has 0 bridgehead atoms. The van der Waals surface area contributed by atoms with Crippen LogP contribution in [0.15, 0.2) is 18.2 Å². The summed E-state index contributed by atoms with van der Waals surface area (Å²) < 4.78 is 16.9. The maximum absolute atomic E-state index is 13.5. The van der Waals surface area contributed by atoms with Crippen LogP contribution in [-0.2, 0) is 20.7 Å². The number of carbonyl (C=O) groups excluding carboxylic acids is 3. The molecule has 0 amide bonds. The molecule has 5 atom stereocenters. The van der Waals surface area contributed by atoms with Crippen LogP contribution in [0.25, 0.3) is 0 Å². The lowest BCUT2D eigenvalue weighted by Gasteiger charge is -2.38. The Kier molecular flexibility index (Phi) is 5.64. The van der Waals surface area contributed by atoms with Gasteiger partial charge < -0.3 is 35.3 Å². The van der Waals surface area contributed by atoms with E-state index in [1.807, 2.05) is 0 Å². The summed E-state index contributed by atoms with van der Waals surface area (Å²) >= 11 is 0. The number of methoxy groups -OCH3 is 1. The maximum Gasteiger partial charge on any atom is 0.202 e. The lowest BCUT2D eigenvalue weighted by Crippen LogP contribution is -2.52. The molecule has 0 unspecified atom stereocenters. The van der Waals surface area contributed by atoms with Crippen molar-refractivity contribution in [1.29, 1.82) is 0 Å². The third-order valence-corrected chi connectivity index (χ3v) is 6.94. The Balaban J connectivity index is 1.63. The number of aliphatic hydroxyl groups is 1. The molecule has 1 fully saturated rings. The number of hydrogen-bond acceptors (Lipinski definition) is 10. The molecule has 3 aliphatic rings. The molecule has 2 aliphatic carbocycles. The van der Waals surface area contributed by atoms with E-state index < -0.39 is 53.7 Å². The summed E-state index contributed by atoms with van der Waals surface area (Å²) in [5.41, 5.74) is 5.36. The van der Waals surface area contributed by atoms with Crippen molar-refractivity contribution < 1.29 is 43.9 Å². The molecule has 0 spiro atoms. The summed E-state index contributed by atoms with van der Waals surface area (Å²) in [6, 6.07) is 3.88. The van der Waals surface area contributed by atoms with Gasteiger partial charge in [-0.25, -0.2) is 0 Å². The molecule has 35 heavy (non-hydrogen) atoms. The van der Waals surface area contributed by atoms with E-state index in [2.05, 4.69) is 0 Å². The minimum Gasteiger partial charge on any atom is -0.507 e. The summed E-state index contributed by atoms with van der Waals surface area (Å²) in [5.74, 6) is -2.56. The summed E-state index contributed by atoms with van der Waals surface area (Å²) in [4.78, 5) is 39.4. The standard InChI is InChI=1S/C25H25NO9/c1-9-21(28)13(26)8-16(34-9)35-15-7-10(27)6-12-18(15)25(32)20-19(23(12)30)22(29)11-4-3-5-14(33-2)17(11)24(20)31/h3-5,9,13,15-16,21,28,30,32H,6-8,26H2,1-2H3/t9-,13-,15-,16-,21+/m0/s1. The average Bonchev–Trinajstić information content (AvgIpc) is 2.82. The second-order valence-corrected chi connectivity index (χ2v) is 9.09. The van der Waals surface area contributed by atoms with Gasteiger partial charge in [0.1, 0.15) is 23.0 Å². The van der Waals surface area contributed by atoms with Gasteiger partial charge in [-0.1, -0.05) is 12.1 Å². The molecule has 10 heteroatoms. The zero-order chi connectivity index (χ0) is 25.2. The first kappa shape index (κ1) is 23.4. The van der Waals surface area contributed by atoms with Gasteiger partial charge in [0.05, 0.1) is 42.1 Å². The maximum atomic E-state index is 13.5. The van der Waals surface area contributed by atoms with Crippen molar-refractivity contribution in [2.45, 2.75) is 56.8 Å². The van der Waals surface area contributed by atoms with E-state index in [9.17, 15) is 29.7 Å². The molecule has 5 rings (SSSR count). The van der Waals surface area contributed by atoms with E-state index in [1.165, 1.54) is 19.2 Å². The van der Waals surface area contributed by atoms with E-state index in [4.69, 9.17) is 19.9 Å². The predicted molar refractivity (Wildman–Crippen MR) is 120 cm³/mol. The largest absolute Gasteiger partial charge is 0.507 e. The van der Waals surface area contributed by atoms with Crippen molar-refractivity contribution >= 4 is 17.3 Å². The second-order valence-electron chi connectivity index (χ2n) is 9.09. The van der Waals surface area contributed by atoms with Crippen LogP contribution in [0.4, 0.5) is 0 Å². The fourth-order valence-corrected chi connectivity index (χ4v) is 5.20. The SMILES string of the molecule is COc1cccc2c1C(=O)c1c(O)c3c(c(O)c1C2=O)CC(=O)C[C@@H]3O[C@H]1C[C@H](N)[C@H](O)[C@H](C)O1. The molecule has 0 saturated carbocycles. The fourth-order valence-electron chi connectivity index (χ4n) is 5.20. The van der Waals surface area contributed by atoms with Crippen molar-refractivity contribution in [3.05, 3.63) is 51.6 Å². The van der Waals surface area contributed by atoms with E-state index >= 15 is 0 Å². The second kappa shape index (κ2) is 8.42. The molecule has 10 nitrogen and oxygen atoms in total. The van der Waals surface area contributed by atoms with Gasteiger partial charge in [-0.05, 0) is 13.0 Å². The number of ether oxygens (including phenoxy) is 3. The number of nitrogens with two attached hydrogens (primary N) is 1. The van der Waals surface area contributed by atoms with Crippen LogP contribution in [0, 0.1) is 0 Å². The number of benzene rings is 2. The van der Waals surface area contributed by atoms with Gasteiger partial charge in [-0.3, -0.25) is 14.4 Å². The quantitative estimate of drug-likeness (QED) is 0.399. The molecule has 5 N–H and O–H groups in total. The molecule has 0 radical (unpaired) electrons.